The van der Waals surface area contributed by atoms with Gasteiger partial charge in [0.25, 0.3) is 0 Å². The average Bonchev–Trinajstić information content (AvgIpc) is 2.84. The van der Waals surface area contributed by atoms with Gasteiger partial charge < -0.3 is 142 Å². The Kier molecular flexibility index (Phi) is 7850. The third-order valence-corrected chi connectivity index (χ3v) is 0. The van der Waals surface area contributed by atoms with Gasteiger partial charge in [0.1, 0.15) is 0 Å². The summed E-state index contributed by atoms with van der Waals surface area (Å²) in [5.41, 5.74) is 0. The summed E-state index contributed by atoms with van der Waals surface area (Å²) in [6.07, 6.45) is 0. The Labute approximate surface area is 225 Å². The summed E-state index contributed by atoms with van der Waals surface area (Å²) >= 11 is 0. The van der Waals surface area contributed by atoms with Crippen LogP contribution in [0, 0.1) is 142 Å². The first-order valence-electron chi connectivity index (χ1n) is 2.68. The molecular weight excluding hydrogens is 595 g/mol. The summed E-state index contributed by atoms with van der Waals surface area (Å²) in [4.78, 5) is 0. The van der Waals surface area contributed by atoms with Gasteiger partial charge in [0.2, 0.25) is 0 Å². The van der Waals surface area contributed by atoms with Gasteiger partial charge in [-0.3, -0.25) is 0 Å². The van der Waals surface area contributed by atoms with Crippen molar-refractivity contribution in [3.63, 3.8) is 0 Å². The first-order chi connectivity index (χ1) is 12.0. The van der Waals surface area contributed by atoms with Gasteiger partial charge in [0.15, 0.2) is 0 Å². The van der Waals surface area contributed by atoms with E-state index in [9.17, 15) is 0 Å². The van der Waals surface area contributed by atoms with E-state index in [0.29, 0.717) is 0 Å². The molecule has 0 fully saturated rings. The van der Waals surface area contributed by atoms with Crippen LogP contribution in [0.15, 0.2) is 0 Å². The Morgan fingerprint density at radius 2 is 0.172 bits per heavy atom. The van der Waals surface area contributed by atoms with Crippen molar-refractivity contribution in [3.05, 3.63) is 78.9 Å². The third kappa shape index (κ3) is 979. The van der Waals surface area contributed by atoms with Gasteiger partial charge in [0, 0.05) is 0 Å². The molecule has 0 aliphatic heterocycles. The molecule has 0 aromatic heterocycles. The second-order valence-corrected chi connectivity index (χ2v) is 0. The molecule has 0 aliphatic carbocycles. The Bertz CT molecular complexity index is 234. The van der Waals surface area contributed by atoms with Crippen LogP contribution in [-0.2, 0) is 84.8 Å². The monoisotopic (exact) mass is 595 g/mol. The fourth-order valence-electron chi connectivity index (χ4n) is 0. The molecular formula is C12Co2Mn3N12. The summed E-state index contributed by atoms with van der Waals surface area (Å²) in [6.45, 7) is 57.0. The van der Waals surface area contributed by atoms with Crippen LogP contribution in [-0.4, -0.2) is 0 Å². The fraction of sp³-hybridized carbons (Fsp3) is 0. The third-order valence-electron chi connectivity index (χ3n) is 0. The summed E-state index contributed by atoms with van der Waals surface area (Å²) < 4.78 is 0. The van der Waals surface area contributed by atoms with Gasteiger partial charge in [0.05, 0.1) is 0 Å². The maximum Gasteiger partial charge on any atom is 3.00 e. The Morgan fingerprint density at radius 3 is 0.172 bits per heavy atom. The van der Waals surface area contributed by atoms with Crippen molar-refractivity contribution in [1.82, 2.24) is 0 Å². The zero-order chi connectivity index (χ0) is 24.0. The molecule has 0 aliphatic rings. The second-order valence-electron chi connectivity index (χ2n) is 0. The van der Waals surface area contributed by atoms with E-state index < -0.39 is 0 Å². The molecule has 12 nitrogen and oxygen atoms in total. The van der Waals surface area contributed by atoms with Gasteiger partial charge in [-0.05, 0) is 0 Å². The number of nitrogens with zero attached hydrogens (tertiary/aromatic N) is 12. The molecule has 0 atom stereocenters. The minimum Gasteiger partial charge on any atom is -0.512 e. The first kappa shape index (κ1) is 213. The molecule has 0 spiro atoms. The minimum atomic E-state index is 0. The van der Waals surface area contributed by atoms with Crippen molar-refractivity contribution in [2.75, 3.05) is 0 Å². The SMILES string of the molecule is [C-]#N.[C-]#N.[C-]#N.[C-]#N.[C-]#N.[C-]#N.[C-]#N.[C-]#N.[C-]#N.[C-]#N.[C-]#N.[C-]#N.[Co+3].[Co+3].[Mn+2].[Mn+2].[Mn+2]. The van der Waals surface area contributed by atoms with Crippen molar-refractivity contribution in [2.24, 2.45) is 0 Å². The van der Waals surface area contributed by atoms with Crippen molar-refractivity contribution < 1.29 is 84.8 Å². The largest absolute Gasteiger partial charge is 3.00 e. The van der Waals surface area contributed by atoms with E-state index in [4.69, 9.17) is 142 Å². The van der Waals surface area contributed by atoms with Crippen molar-refractivity contribution in [2.45, 2.75) is 0 Å². The smallest absolute Gasteiger partial charge is 0.512 e. The Morgan fingerprint density at radius 1 is 0.172 bits per heavy atom. The van der Waals surface area contributed by atoms with Crippen LogP contribution < -0.4 is 0 Å². The summed E-state index contributed by atoms with van der Waals surface area (Å²) in [5.74, 6) is 0. The number of rotatable bonds is 0. The first-order valence-corrected chi connectivity index (χ1v) is 2.68. The Hall–Kier alpha value is -3.55. The summed E-state index contributed by atoms with van der Waals surface area (Å²) in [5, 5.41) is 75.0. The molecule has 0 bridgehead atoms. The van der Waals surface area contributed by atoms with Gasteiger partial charge in [-0.1, -0.05) is 0 Å². The van der Waals surface area contributed by atoms with Crippen LogP contribution in [0.2, 0.25) is 0 Å². The molecule has 3 radical (unpaired) electrons. The van der Waals surface area contributed by atoms with E-state index in [0.717, 1.165) is 0 Å². The predicted octanol–water partition coefficient (Wildman–Crippen LogP) is 1.14. The zero-order valence-electron chi connectivity index (χ0n) is 13.2. The van der Waals surface area contributed by atoms with Gasteiger partial charge >= 0.3 is 84.8 Å². The minimum absolute atomic E-state index is 0. The molecule has 147 valence electrons. The van der Waals surface area contributed by atoms with E-state index in [1.807, 2.05) is 0 Å². The second kappa shape index (κ2) is 1070. The van der Waals surface area contributed by atoms with Gasteiger partial charge in [-0.15, -0.1) is 0 Å². The van der Waals surface area contributed by atoms with Crippen LogP contribution in [0.25, 0.3) is 0 Å². The van der Waals surface area contributed by atoms with Crippen LogP contribution in [0.5, 0.6) is 0 Å². The maximum absolute atomic E-state index is 6.25. The summed E-state index contributed by atoms with van der Waals surface area (Å²) in [7, 11) is 0. The van der Waals surface area contributed by atoms with Crippen LogP contribution >= 0.6 is 0 Å². The van der Waals surface area contributed by atoms with E-state index >= 15 is 0 Å². The molecule has 0 unspecified atom stereocenters. The van der Waals surface area contributed by atoms with E-state index in [-0.39, 0.29) is 84.8 Å². The molecule has 0 aromatic rings. The van der Waals surface area contributed by atoms with Gasteiger partial charge in [-0.2, -0.15) is 0 Å². The van der Waals surface area contributed by atoms with Gasteiger partial charge in [-0.25, -0.2) is 0 Å². The summed E-state index contributed by atoms with van der Waals surface area (Å²) in [6, 6.07) is 0. The van der Waals surface area contributed by atoms with E-state index in [2.05, 4.69) is 0 Å². The van der Waals surface area contributed by atoms with E-state index in [1.165, 1.54) is 0 Å². The normalized spacial score (nSPS) is 0.828. The maximum atomic E-state index is 6.25. The zero-order valence-corrected chi connectivity index (χ0v) is 18.8. The molecule has 0 aromatic carbocycles. The molecule has 0 amide bonds. The van der Waals surface area contributed by atoms with Crippen molar-refractivity contribution >= 4 is 0 Å². The molecule has 0 N–H and O–H groups in total. The average molecular weight is 595 g/mol. The molecule has 29 heavy (non-hydrogen) atoms. The van der Waals surface area contributed by atoms with Crippen molar-refractivity contribution in [1.29, 1.82) is 63.1 Å². The molecule has 0 saturated carbocycles. The standard InChI is InChI=1S/12CN.2Co.3Mn/c12*1-2;;;;;/q12*-1;2*+3;3*+2. The van der Waals surface area contributed by atoms with Crippen LogP contribution in [0.1, 0.15) is 0 Å². The predicted molar refractivity (Wildman–Crippen MR) is 59.6 cm³/mol. The van der Waals surface area contributed by atoms with Crippen LogP contribution in [0.4, 0.5) is 0 Å². The molecule has 17 heteroatoms. The molecule has 0 heterocycles. The Balaban J connectivity index is -0.00000000356. The topological polar surface area (TPSA) is 285 Å². The van der Waals surface area contributed by atoms with Crippen molar-refractivity contribution in [3.8, 4) is 0 Å². The molecule has 0 saturated heterocycles. The fourth-order valence-corrected chi connectivity index (χ4v) is 0. The van der Waals surface area contributed by atoms with E-state index in [1.54, 1.807) is 0 Å². The number of hydrogen-bond donors (Lipinski definition) is 0. The van der Waals surface area contributed by atoms with Crippen LogP contribution in [0.3, 0.4) is 0 Å². The molecule has 0 rings (SSSR count). The number of hydrogen-bond acceptors (Lipinski definition) is 12. The quantitative estimate of drug-likeness (QED) is 0.281.